The van der Waals surface area contributed by atoms with Crippen LogP contribution in [-0.4, -0.2) is 11.1 Å². The van der Waals surface area contributed by atoms with Crippen molar-refractivity contribution in [1.82, 2.24) is 0 Å². The Hall–Kier alpha value is -0.830. The Labute approximate surface area is 84.7 Å². The van der Waals surface area contributed by atoms with Crippen LogP contribution in [0.2, 0.25) is 0 Å². The van der Waals surface area contributed by atoms with Gasteiger partial charge in [0.2, 0.25) is 0 Å². The lowest BCUT2D eigenvalue weighted by Crippen LogP contribution is -2.12. The molecule has 0 bridgehead atoms. The molecule has 68 valence electrons. The van der Waals surface area contributed by atoms with Gasteiger partial charge in [-0.25, -0.2) is 0 Å². The Balaban J connectivity index is 2.30. The van der Waals surface area contributed by atoms with Crippen LogP contribution in [0.4, 0.5) is 0 Å². The van der Waals surface area contributed by atoms with E-state index in [1.54, 1.807) is 0 Å². The number of carbonyl (C=O) groups is 1. The van der Waals surface area contributed by atoms with Crippen molar-refractivity contribution in [3.63, 3.8) is 0 Å². The van der Waals surface area contributed by atoms with E-state index in [4.69, 9.17) is 5.11 Å². The molecule has 0 heterocycles. The number of benzene rings is 1. The number of halogens is 1. The second kappa shape index (κ2) is 3.14. The van der Waals surface area contributed by atoms with Crippen molar-refractivity contribution in [1.29, 1.82) is 0 Å². The average Bonchev–Trinajstić information content (AvgIpc) is 2.46. The van der Waals surface area contributed by atoms with Gasteiger partial charge in [-0.05, 0) is 36.1 Å². The van der Waals surface area contributed by atoms with E-state index in [0.717, 1.165) is 4.47 Å². The molecule has 0 saturated carbocycles. The summed E-state index contributed by atoms with van der Waals surface area (Å²) >= 11 is 3.37. The largest absolute Gasteiger partial charge is 0.481 e. The number of fused-ring (bicyclic) bond motifs is 1. The third-order valence-corrected chi connectivity index (χ3v) is 2.94. The van der Waals surface area contributed by atoms with Crippen molar-refractivity contribution in [2.24, 2.45) is 5.92 Å². The van der Waals surface area contributed by atoms with E-state index in [2.05, 4.69) is 15.9 Å². The van der Waals surface area contributed by atoms with Crippen molar-refractivity contribution in [3.8, 4) is 0 Å². The van der Waals surface area contributed by atoms with Crippen LogP contribution < -0.4 is 0 Å². The molecule has 0 fully saturated rings. The SMILES string of the molecule is O=C(O)[C@@H]1Cc2ccc(Br)cc2C1. The molecule has 1 aliphatic rings. The summed E-state index contributed by atoms with van der Waals surface area (Å²) in [4.78, 5) is 10.7. The summed E-state index contributed by atoms with van der Waals surface area (Å²) in [7, 11) is 0. The van der Waals surface area contributed by atoms with Crippen LogP contribution in [0.3, 0.4) is 0 Å². The maximum Gasteiger partial charge on any atom is 0.307 e. The molecule has 1 aromatic carbocycles. The molecule has 0 aromatic heterocycles. The summed E-state index contributed by atoms with van der Waals surface area (Å²) in [5, 5.41) is 8.84. The minimum absolute atomic E-state index is 0.218. The van der Waals surface area contributed by atoms with Crippen LogP contribution in [0.1, 0.15) is 11.1 Å². The highest BCUT2D eigenvalue weighted by Gasteiger charge is 2.26. The van der Waals surface area contributed by atoms with Gasteiger partial charge in [0.15, 0.2) is 0 Å². The third-order valence-electron chi connectivity index (χ3n) is 2.45. The zero-order chi connectivity index (χ0) is 9.42. The van der Waals surface area contributed by atoms with Crippen molar-refractivity contribution in [3.05, 3.63) is 33.8 Å². The number of aliphatic carboxylic acids is 1. The minimum atomic E-state index is -0.688. The smallest absolute Gasteiger partial charge is 0.307 e. The highest BCUT2D eigenvalue weighted by Crippen LogP contribution is 2.29. The Kier molecular flexibility index (Phi) is 2.12. The van der Waals surface area contributed by atoms with E-state index in [0.29, 0.717) is 12.8 Å². The summed E-state index contributed by atoms with van der Waals surface area (Å²) < 4.78 is 1.03. The molecule has 0 spiro atoms. The number of carboxylic acids is 1. The summed E-state index contributed by atoms with van der Waals surface area (Å²) in [6.45, 7) is 0. The molecule has 1 N–H and O–H groups in total. The zero-order valence-electron chi connectivity index (χ0n) is 6.96. The normalized spacial score (nSPS) is 19.9. The maximum absolute atomic E-state index is 10.7. The molecule has 2 rings (SSSR count). The highest BCUT2D eigenvalue weighted by atomic mass is 79.9. The van der Waals surface area contributed by atoms with Gasteiger partial charge in [0.25, 0.3) is 0 Å². The van der Waals surface area contributed by atoms with E-state index in [1.807, 2.05) is 18.2 Å². The van der Waals surface area contributed by atoms with Gasteiger partial charge >= 0.3 is 5.97 Å². The van der Waals surface area contributed by atoms with Crippen LogP contribution >= 0.6 is 15.9 Å². The van der Waals surface area contributed by atoms with E-state index < -0.39 is 5.97 Å². The predicted molar refractivity (Wildman–Crippen MR) is 52.7 cm³/mol. The van der Waals surface area contributed by atoms with Crippen molar-refractivity contribution < 1.29 is 9.90 Å². The van der Waals surface area contributed by atoms with Crippen LogP contribution in [0.5, 0.6) is 0 Å². The Morgan fingerprint density at radius 1 is 1.38 bits per heavy atom. The fourth-order valence-electron chi connectivity index (χ4n) is 1.76. The standard InChI is InChI=1S/C10H9BrO2/c11-9-2-1-6-3-8(10(12)13)4-7(6)5-9/h1-2,5,8H,3-4H2,(H,12,13)/t8-/m1/s1. The molecule has 0 amide bonds. The van der Waals surface area contributed by atoms with Gasteiger partial charge in [0.05, 0.1) is 5.92 Å². The van der Waals surface area contributed by atoms with Crippen molar-refractivity contribution in [2.75, 3.05) is 0 Å². The quantitative estimate of drug-likeness (QED) is 0.818. The number of hydrogen-bond acceptors (Lipinski definition) is 1. The Bertz CT molecular complexity index is 360. The average molecular weight is 241 g/mol. The van der Waals surface area contributed by atoms with Gasteiger partial charge in [-0.1, -0.05) is 22.0 Å². The summed E-state index contributed by atoms with van der Waals surface area (Å²) in [5.74, 6) is -0.906. The molecular formula is C10H9BrO2. The van der Waals surface area contributed by atoms with E-state index in [-0.39, 0.29) is 5.92 Å². The zero-order valence-corrected chi connectivity index (χ0v) is 8.54. The fraction of sp³-hybridized carbons (Fsp3) is 0.300. The fourth-order valence-corrected chi connectivity index (χ4v) is 2.17. The second-order valence-electron chi connectivity index (χ2n) is 3.36. The van der Waals surface area contributed by atoms with Crippen LogP contribution in [-0.2, 0) is 17.6 Å². The van der Waals surface area contributed by atoms with Crippen LogP contribution in [0.25, 0.3) is 0 Å². The Morgan fingerprint density at radius 2 is 2.08 bits per heavy atom. The first-order valence-electron chi connectivity index (χ1n) is 4.17. The molecule has 13 heavy (non-hydrogen) atoms. The first-order valence-corrected chi connectivity index (χ1v) is 4.96. The first kappa shape index (κ1) is 8.75. The molecule has 1 atom stereocenters. The summed E-state index contributed by atoms with van der Waals surface area (Å²) in [6, 6.07) is 5.98. The van der Waals surface area contributed by atoms with E-state index in [9.17, 15) is 4.79 Å². The van der Waals surface area contributed by atoms with Gasteiger partial charge in [0, 0.05) is 4.47 Å². The van der Waals surface area contributed by atoms with Gasteiger partial charge in [-0.3, -0.25) is 4.79 Å². The molecule has 2 nitrogen and oxygen atoms in total. The van der Waals surface area contributed by atoms with Gasteiger partial charge in [-0.2, -0.15) is 0 Å². The predicted octanol–water partition coefficient (Wildman–Crippen LogP) is 2.25. The molecule has 1 aliphatic carbocycles. The lowest BCUT2D eigenvalue weighted by Gasteiger charge is -1.98. The van der Waals surface area contributed by atoms with Crippen LogP contribution in [0.15, 0.2) is 22.7 Å². The lowest BCUT2D eigenvalue weighted by molar-refractivity contribution is -0.141. The molecular weight excluding hydrogens is 232 g/mol. The molecule has 0 unspecified atom stereocenters. The van der Waals surface area contributed by atoms with Gasteiger partial charge in [0.1, 0.15) is 0 Å². The monoisotopic (exact) mass is 240 g/mol. The molecule has 0 aliphatic heterocycles. The van der Waals surface area contributed by atoms with E-state index in [1.165, 1.54) is 11.1 Å². The summed E-state index contributed by atoms with van der Waals surface area (Å²) in [6.07, 6.45) is 1.35. The number of carboxylic acid groups (broad SMARTS) is 1. The topological polar surface area (TPSA) is 37.3 Å². The van der Waals surface area contributed by atoms with Gasteiger partial charge < -0.3 is 5.11 Å². The molecule has 0 radical (unpaired) electrons. The second-order valence-corrected chi connectivity index (χ2v) is 4.27. The maximum atomic E-state index is 10.7. The number of rotatable bonds is 1. The Morgan fingerprint density at radius 3 is 2.77 bits per heavy atom. The van der Waals surface area contributed by atoms with Crippen LogP contribution in [0, 0.1) is 5.92 Å². The molecule has 1 aromatic rings. The van der Waals surface area contributed by atoms with Gasteiger partial charge in [-0.15, -0.1) is 0 Å². The van der Waals surface area contributed by atoms with E-state index >= 15 is 0 Å². The first-order chi connectivity index (χ1) is 6.16. The molecule has 3 heteroatoms. The lowest BCUT2D eigenvalue weighted by atomic mass is 10.1. The molecule has 0 saturated heterocycles. The van der Waals surface area contributed by atoms with Crippen molar-refractivity contribution in [2.45, 2.75) is 12.8 Å². The highest BCUT2D eigenvalue weighted by molar-refractivity contribution is 9.10. The number of hydrogen-bond donors (Lipinski definition) is 1. The minimum Gasteiger partial charge on any atom is -0.481 e. The van der Waals surface area contributed by atoms with Crippen molar-refractivity contribution >= 4 is 21.9 Å². The summed E-state index contributed by atoms with van der Waals surface area (Å²) in [5.41, 5.74) is 2.34. The third kappa shape index (κ3) is 1.61.